The molecule has 5 nitrogen and oxygen atoms in total. The van der Waals surface area contributed by atoms with Gasteiger partial charge in [-0.25, -0.2) is 4.79 Å². The minimum absolute atomic E-state index is 0.103. The average molecular weight is 271 g/mol. The second-order valence-electron chi connectivity index (χ2n) is 6.00. The number of ether oxygens (including phenoxy) is 1. The molecular weight excluding hydrogens is 246 g/mol. The van der Waals surface area contributed by atoms with Gasteiger partial charge in [0, 0.05) is 6.61 Å². The lowest BCUT2D eigenvalue weighted by molar-refractivity contribution is -0.143. The maximum Gasteiger partial charge on any atom is 0.326 e. The van der Waals surface area contributed by atoms with Crippen molar-refractivity contribution in [1.82, 2.24) is 5.32 Å². The van der Waals surface area contributed by atoms with Crippen molar-refractivity contribution in [3.63, 3.8) is 0 Å². The van der Waals surface area contributed by atoms with E-state index in [0.29, 0.717) is 19.4 Å². The van der Waals surface area contributed by atoms with Gasteiger partial charge in [-0.2, -0.15) is 0 Å². The fourth-order valence-electron chi connectivity index (χ4n) is 2.52. The van der Waals surface area contributed by atoms with Gasteiger partial charge >= 0.3 is 5.97 Å². The normalized spacial score (nSPS) is 24.7. The van der Waals surface area contributed by atoms with E-state index < -0.39 is 12.0 Å². The molecule has 1 rings (SSSR count). The molecule has 1 fully saturated rings. The molecule has 19 heavy (non-hydrogen) atoms. The number of carboxylic acid groups (broad SMARTS) is 1. The van der Waals surface area contributed by atoms with E-state index in [2.05, 4.69) is 5.32 Å². The van der Waals surface area contributed by atoms with E-state index in [1.807, 2.05) is 27.7 Å². The summed E-state index contributed by atoms with van der Waals surface area (Å²) in [4.78, 5) is 23.4. The lowest BCUT2D eigenvalue weighted by Crippen LogP contribution is -2.46. The minimum Gasteiger partial charge on any atom is -0.480 e. The van der Waals surface area contributed by atoms with Crippen molar-refractivity contribution in [2.75, 3.05) is 6.61 Å². The van der Waals surface area contributed by atoms with Gasteiger partial charge in [-0.1, -0.05) is 27.7 Å². The second kappa shape index (κ2) is 6.89. The van der Waals surface area contributed by atoms with Crippen molar-refractivity contribution in [2.45, 2.75) is 52.7 Å². The number of carboxylic acids is 1. The first kappa shape index (κ1) is 16.0. The van der Waals surface area contributed by atoms with Crippen molar-refractivity contribution >= 4 is 11.9 Å². The van der Waals surface area contributed by atoms with Crippen molar-refractivity contribution in [2.24, 2.45) is 17.8 Å². The van der Waals surface area contributed by atoms with Gasteiger partial charge in [0.15, 0.2) is 0 Å². The van der Waals surface area contributed by atoms with Crippen LogP contribution in [0.15, 0.2) is 0 Å². The molecule has 0 bridgehead atoms. The molecule has 1 amide bonds. The fourth-order valence-corrected chi connectivity index (χ4v) is 2.52. The molecule has 0 aromatic carbocycles. The molecule has 2 unspecified atom stereocenters. The van der Waals surface area contributed by atoms with E-state index in [1.165, 1.54) is 0 Å². The van der Waals surface area contributed by atoms with Gasteiger partial charge < -0.3 is 15.2 Å². The first-order valence-electron chi connectivity index (χ1n) is 6.97. The molecular formula is C14H25NO4. The zero-order chi connectivity index (χ0) is 14.6. The maximum absolute atomic E-state index is 12.2. The molecule has 0 saturated carbocycles. The highest BCUT2D eigenvalue weighted by Gasteiger charge is 2.37. The number of carbonyl (C=O) groups is 2. The Morgan fingerprint density at radius 2 is 1.95 bits per heavy atom. The summed E-state index contributed by atoms with van der Waals surface area (Å²) in [7, 11) is 0. The Labute approximate surface area is 114 Å². The molecule has 1 saturated heterocycles. The van der Waals surface area contributed by atoms with Gasteiger partial charge in [-0.05, 0) is 24.7 Å². The molecule has 110 valence electrons. The van der Waals surface area contributed by atoms with Crippen molar-refractivity contribution in [3.05, 3.63) is 0 Å². The molecule has 0 aliphatic carbocycles. The highest BCUT2D eigenvalue weighted by atomic mass is 16.5. The molecule has 0 aromatic rings. The van der Waals surface area contributed by atoms with Crippen LogP contribution in [0, 0.1) is 17.8 Å². The lowest BCUT2D eigenvalue weighted by atomic mass is 9.91. The summed E-state index contributed by atoms with van der Waals surface area (Å²) in [6, 6.07) is -0.805. The number of rotatable bonds is 6. The lowest BCUT2D eigenvalue weighted by Gasteiger charge is -2.24. The van der Waals surface area contributed by atoms with Crippen LogP contribution in [-0.4, -0.2) is 35.7 Å². The first-order valence-corrected chi connectivity index (χ1v) is 6.97. The quantitative estimate of drug-likeness (QED) is 0.770. The van der Waals surface area contributed by atoms with Crippen LogP contribution >= 0.6 is 0 Å². The third-order valence-corrected chi connectivity index (χ3v) is 3.45. The van der Waals surface area contributed by atoms with Crippen molar-refractivity contribution < 1.29 is 19.4 Å². The smallest absolute Gasteiger partial charge is 0.326 e. The SMILES string of the molecule is CC(C)C[C@H](NC(=O)C1CCOC1C(C)C)C(=O)O. The third kappa shape index (κ3) is 4.49. The highest BCUT2D eigenvalue weighted by molar-refractivity contribution is 5.85. The van der Waals surface area contributed by atoms with Crippen LogP contribution in [0.2, 0.25) is 0 Å². The summed E-state index contributed by atoms with van der Waals surface area (Å²) in [6.07, 6.45) is 1.01. The predicted molar refractivity (Wildman–Crippen MR) is 71.7 cm³/mol. The number of hydrogen-bond donors (Lipinski definition) is 2. The molecule has 0 spiro atoms. The van der Waals surface area contributed by atoms with E-state index in [-0.39, 0.29) is 29.8 Å². The van der Waals surface area contributed by atoms with Crippen LogP contribution < -0.4 is 5.32 Å². The molecule has 1 heterocycles. The van der Waals surface area contributed by atoms with Gasteiger partial charge in [-0.15, -0.1) is 0 Å². The zero-order valence-electron chi connectivity index (χ0n) is 12.2. The Morgan fingerprint density at radius 3 is 2.42 bits per heavy atom. The van der Waals surface area contributed by atoms with E-state index in [9.17, 15) is 9.59 Å². The number of amides is 1. The van der Waals surface area contributed by atoms with E-state index in [1.54, 1.807) is 0 Å². The number of carbonyl (C=O) groups excluding carboxylic acids is 1. The summed E-state index contributed by atoms with van der Waals surface area (Å²) < 4.78 is 5.56. The summed E-state index contributed by atoms with van der Waals surface area (Å²) in [5.41, 5.74) is 0. The van der Waals surface area contributed by atoms with Gasteiger partial charge in [0.1, 0.15) is 6.04 Å². The van der Waals surface area contributed by atoms with Gasteiger partial charge in [0.25, 0.3) is 0 Å². The second-order valence-corrected chi connectivity index (χ2v) is 6.00. The first-order chi connectivity index (χ1) is 8.82. The highest BCUT2D eigenvalue weighted by Crippen LogP contribution is 2.27. The van der Waals surface area contributed by atoms with Crippen molar-refractivity contribution in [3.8, 4) is 0 Å². The van der Waals surface area contributed by atoms with Crippen LogP contribution in [0.5, 0.6) is 0 Å². The zero-order valence-corrected chi connectivity index (χ0v) is 12.2. The third-order valence-electron chi connectivity index (χ3n) is 3.45. The standard InChI is InChI=1S/C14H25NO4/c1-8(2)7-11(14(17)18)15-13(16)10-5-6-19-12(10)9(3)4/h8-12H,5-7H2,1-4H3,(H,15,16)(H,17,18)/t10?,11-,12?/m0/s1. The van der Waals surface area contributed by atoms with E-state index in [0.717, 1.165) is 0 Å². The van der Waals surface area contributed by atoms with Crippen LogP contribution in [0.1, 0.15) is 40.5 Å². The molecule has 0 radical (unpaired) electrons. The molecule has 0 aromatic heterocycles. The van der Waals surface area contributed by atoms with E-state index in [4.69, 9.17) is 9.84 Å². The number of nitrogens with one attached hydrogen (secondary N) is 1. The molecule has 2 N–H and O–H groups in total. The summed E-state index contributed by atoms with van der Waals surface area (Å²) in [5.74, 6) is -0.908. The largest absolute Gasteiger partial charge is 0.480 e. The Morgan fingerprint density at radius 1 is 1.32 bits per heavy atom. The van der Waals surface area contributed by atoms with E-state index >= 15 is 0 Å². The Bertz CT molecular complexity index is 327. The molecule has 1 aliphatic rings. The Kier molecular flexibility index (Phi) is 5.79. The molecule has 1 aliphatic heterocycles. The minimum atomic E-state index is -0.970. The number of aliphatic carboxylic acids is 1. The van der Waals surface area contributed by atoms with Crippen LogP contribution in [-0.2, 0) is 14.3 Å². The van der Waals surface area contributed by atoms with Crippen LogP contribution in [0.3, 0.4) is 0 Å². The van der Waals surface area contributed by atoms with Crippen molar-refractivity contribution in [1.29, 1.82) is 0 Å². The predicted octanol–water partition coefficient (Wildman–Crippen LogP) is 1.66. The summed E-state index contributed by atoms with van der Waals surface area (Å²) >= 11 is 0. The average Bonchev–Trinajstić information content (AvgIpc) is 2.76. The topological polar surface area (TPSA) is 75.6 Å². The monoisotopic (exact) mass is 271 g/mol. The maximum atomic E-state index is 12.2. The molecule has 3 atom stereocenters. The Hall–Kier alpha value is -1.10. The Balaban J connectivity index is 2.63. The fraction of sp³-hybridized carbons (Fsp3) is 0.857. The number of hydrogen-bond acceptors (Lipinski definition) is 3. The van der Waals surface area contributed by atoms with Gasteiger partial charge in [0.05, 0.1) is 12.0 Å². The summed E-state index contributed by atoms with van der Waals surface area (Å²) in [5, 5.41) is 11.8. The van der Waals surface area contributed by atoms with Gasteiger partial charge in [0.2, 0.25) is 5.91 Å². The van der Waals surface area contributed by atoms with Crippen LogP contribution in [0.4, 0.5) is 0 Å². The molecule has 5 heteroatoms. The van der Waals surface area contributed by atoms with Gasteiger partial charge in [-0.3, -0.25) is 4.79 Å². The van der Waals surface area contributed by atoms with Crippen LogP contribution in [0.25, 0.3) is 0 Å². The summed E-state index contributed by atoms with van der Waals surface area (Å²) in [6.45, 7) is 8.48.